The maximum Gasteiger partial charge on any atom is 0.242 e. The van der Waals surface area contributed by atoms with Gasteiger partial charge in [0.05, 0.1) is 11.9 Å². The van der Waals surface area contributed by atoms with Gasteiger partial charge in [0.2, 0.25) is 21.8 Å². The molecular weight excluding hydrogens is 457 g/mol. The van der Waals surface area contributed by atoms with E-state index in [4.69, 9.17) is 0 Å². The number of hydrogen-bond donors (Lipinski definition) is 1. The average molecular weight is 492 g/mol. The smallest absolute Gasteiger partial charge is 0.242 e. The van der Waals surface area contributed by atoms with Gasteiger partial charge in [0, 0.05) is 26.1 Å². The summed E-state index contributed by atoms with van der Waals surface area (Å²) in [6.45, 7) is 6.45. The Kier molecular flexibility index (Phi) is 10.0. The summed E-state index contributed by atoms with van der Waals surface area (Å²) >= 11 is 0. The highest BCUT2D eigenvalue weighted by atomic mass is 32.2. The first-order chi connectivity index (χ1) is 16.1. The van der Waals surface area contributed by atoms with Crippen molar-refractivity contribution in [2.45, 2.75) is 52.6 Å². The first-order valence-corrected chi connectivity index (χ1v) is 13.3. The van der Waals surface area contributed by atoms with Crippen LogP contribution in [0.3, 0.4) is 0 Å². The summed E-state index contributed by atoms with van der Waals surface area (Å²) in [5.74, 6) is -0.903. The van der Waals surface area contributed by atoms with Crippen molar-refractivity contribution >= 4 is 27.5 Å². The van der Waals surface area contributed by atoms with Crippen molar-refractivity contribution in [3.63, 3.8) is 0 Å². The molecule has 0 heterocycles. The Morgan fingerprint density at radius 1 is 1.06 bits per heavy atom. The van der Waals surface area contributed by atoms with E-state index in [1.165, 1.54) is 24.3 Å². The monoisotopic (exact) mass is 491 g/mol. The molecule has 0 fully saturated rings. The van der Waals surface area contributed by atoms with Gasteiger partial charge in [-0.25, -0.2) is 12.8 Å². The lowest BCUT2D eigenvalue weighted by atomic mass is 10.1. The number of nitrogens with zero attached hydrogens (tertiary/aromatic N) is 2. The van der Waals surface area contributed by atoms with Crippen LogP contribution >= 0.6 is 0 Å². The number of nitrogens with one attached hydrogen (secondary N) is 1. The van der Waals surface area contributed by atoms with Crippen molar-refractivity contribution < 1.29 is 22.4 Å². The minimum absolute atomic E-state index is 0.0619. The Balaban J connectivity index is 2.20. The molecule has 0 saturated carbocycles. The highest BCUT2D eigenvalue weighted by Gasteiger charge is 2.28. The van der Waals surface area contributed by atoms with Gasteiger partial charge in [-0.1, -0.05) is 31.2 Å². The lowest BCUT2D eigenvalue weighted by molar-refractivity contribution is -0.141. The number of aryl methyl sites for hydroxylation is 1. The Labute approximate surface area is 202 Å². The van der Waals surface area contributed by atoms with Gasteiger partial charge < -0.3 is 10.2 Å². The van der Waals surface area contributed by atoms with Crippen molar-refractivity contribution in [1.82, 2.24) is 10.2 Å². The van der Waals surface area contributed by atoms with Crippen LogP contribution in [0.15, 0.2) is 48.5 Å². The average Bonchev–Trinajstić information content (AvgIpc) is 2.78. The molecule has 2 aromatic rings. The molecule has 2 aromatic carbocycles. The van der Waals surface area contributed by atoms with Crippen LogP contribution in [-0.2, 0) is 26.2 Å². The summed E-state index contributed by atoms with van der Waals surface area (Å²) < 4.78 is 39.0. The SMILES string of the molecule is CCNC(=O)C(CC)N(Cc1ccccc1C)C(=O)CCCN(c1ccc(F)cc1)S(C)(=O)=O. The molecule has 0 aliphatic carbocycles. The van der Waals surface area contributed by atoms with E-state index in [1.54, 1.807) is 4.90 Å². The van der Waals surface area contributed by atoms with E-state index in [2.05, 4.69) is 5.32 Å². The summed E-state index contributed by atoms with van der Waals surface area (Å²) in [6.07, 6.45) is 1.84. The molecule has 0 aliphatic heterocycles. The Morgan fingerprint density at radius 2 is 1.71 bits per heavy atom. The Bertz CT molecular complexity index is 1070. The zero-order chi connectivity index (χ0) is 25.3. The predicted octanol–water partition coefficient (Wildman–Crippen LogP) is 3.62. The summed E-state index contributed by atoms with van der Waals surface area (Å²) in [5, 5.41) is 2.80. The van der Waals surface area contributed by atoms with E-state index in [9.17, 15) is 22.4 Å². The molecule has 1 unspecified atom stereocenters. The molecule has 0 aromatic heterocycles. The number of amides is 2. The van der Waals surface area contributed by atoms with E-state index in [-0.39, 0.29) is 37.7 Å². The van der Waals surface area contributed by atoms with Crippen molar-refractivity contribution in [2.75, 3.05) is 23.7 Å². The first kappa shape index (κ1) is 27.3. The van der Waals surface area contributed by atoms with Crippen molar-refractivity contribution in [1.29, 1.82) is 0 Å². The van der Waals surface area contributed by atoms with Gasteiger partial charge in [-0.3, -0.25) is 13.9 Å². The molecule has 0 aliphatic rings. The summed E-state index contributed by atoms with van der Waals surface area (Å²) in [5.41, 5.74) is 2.30. The maximum atomic E-state index is 13.3. The van der Waals surface area contributed by atoms with E-state index < -0.39 is 21.9 Å². The minimum Gasteiger partial charge on any atom is -0.355 e. The van der Waals surface area contributed by atoms with Crippen LogP contribution in [0.25, 0.3) is 0 Å². The Hall–Kier alpha value is -2.94. The van der Waals surface area contributed by atoms with Crippen LogP contribution in [0.5, 0.6) is 0 Å². The lowest BCUT2D eigenvalue weighted by Gasteiger charge is -2.31. The molecule has 0 bridgehead atoms. The normalized spacial score (nSPS) is 12.1. The van der Waals surface area contributed by atoms with Gasteiger partial charge in [0.15, 0.2) is 0 Å². The first-order valence-electron chi connectivity index (χ1n) is 11.4. The fourth-order valence-corrected chi connectivity index (χ4v) is 4.76. The molecular formula is C25H34FN3O4S. The number of rotatable bonds is 12. The van der Waals surface area contributed by atoms with Gasteiger partial charge in [0.25, 0.3) is 0 Å². The van der Waals surface area contributed by atoms with Gasteiger partial charge in [-0.15, -0.1) is 0 Å². The molecule has 186 valence electrons. The summed E-state index contributed by atoms with van der Waals surface area (Å²) in [4.78, 5) is 27.6. The lowest BCUT2D eigenvalue weighted by Crippen LogP contribution is -2.49. The molecule has 0 saturated heterocycles. The number of carbonyl (C=O) groups excluding carboxylic acids is 2. The van der Waals surface area contributed by atoms with E-state index in [1.807, 2.05) is 45.0 Å². The molecule has 0 radical (unpaired) electrons. The largest absolute Gasteiger partial charge is 0.355 e. The number of sulfonamides is 1. The molecule has 2 rings (SSSR count). The van der Waals surface area contributed by atoms with E-state index in [0.717, 1.165) is 21.7 Å². The second-order valence-corrected chi connectivity index (χ2v) is 10.1. The highest BCUT2D eigenvalue weighted by Crippen LogP contribution is 2.20. The maximum absolute atomic E-state index is 13.3. The zero-order valence-electron chi connectivity index (χ0n) is 20.3. The molecule has 9 heteroatoms. The van der Waals surface area contributed by atoms with Crippen LogP contribution in [0.1, 0.15) is 44.2 Å². The summed E-state index contributed by atoms with van der Waals surface area (Å²) in [7, 11) is -3.62. The minimum atomic E-state index is -3.62. The number of anilines is 1. The fraction of sp³-hybridized carbons (Fsp3) is 0.440. The zero-order valence-corrected chi connectivity index (χ0v) is 21.1. The van der Waals surface area contributed by atoms with Gasteiger partial charge in [-0.05, 0) is 62.1 Å². The molecule has 34 heavy (non-hydrogen) atoms. The number of hydrogen-bond acceptors (Lipinski definition) is 4. The standard InChI is InChI=1S/C25H34FN3O4S/c1-5-23(25(31)27-6-2)28(18-20-11-8-7-10-19(20)3)24(30)12-9-17-29(34(4,32)33)22-15-13-21(26)14-16-22/h7-8,10-11,13-16,23H,5-6,9,12,17-18H2,1-4H3,(H,27,31). The van der Waals surface area contributed by atoms with Crippen molar-refractivity contribution in [2.24, 2.45) is 0 Å². The Morgan fingerprint density at radius 3 is 2.26 bits per heavy atom. The van der Waals surface area contributed by atoms with E-state index in [0.29, 0.717) is 18.7 Å². The molecule has 7 nitrogen and oxygen atoms in total. The van der Waals surface area contributed by atoms with Crippen LogP contribution in [0.4, 0.5) is 10.1 Å². The van der Waals surface area contributed by atoms with E-state index >= 15 is 0 Å². The van der Waals surface area contributed by atoms with Crippen molar-refractivity contribution in [3.8, 4) is 0 Å². The summed E-state index contributed by atoms with van der Waals surface area (Å²) in [6, 6.07) is 12.2. The third-order valence-corrected chi connectivity index (χ3v) is 6.80. The third kappa shape index (κ3) is 7.55. The second-order valence-electron chi connectivity index (χ2n) is 8.18. The number of halogens is 1. The number of likely N-dealkylation sites (N-methyl/N-ethyl adjacent to an activating group) is 1. The van der Waals surface area contributed by atoms with Gasteiger partial charge in [-0.2, -0.15) is 0 Å². The molecule has 1 atom stereocenters. The molecule has 0 spiro atoms. The van der Waals surface area contributed by atoms with Crippen LogP contribution < -0.4 is 9.62 Å². The topological polar surface area (TPSA) is 86.8 Å². The number of benzene rings is 2. The fourth-order valence-electron chi connectivity index (χ4n) is 3.79. The molecule has 2 amide bonds. The van der Waals surface area contributed by atoms with Crippen LogP contribution in [-0.4, -0.2) is 50.5 Å². The number of carbonyl (C=O) groups is 2. The second kappa shape index (κ2) is 12.5. The van der Waals surface area contributed by atoms with Gasteiger partial charge >= 0.3 is 0 Å². The predicted molar refractivity (Wildman–Crippen MR) is 132 cm³/mol. The third-order valence-electron chi connectivity index (χ3n) is 5.61. The van der Waals surface area contributed by atoms with Gasteiger partial charge in [0.1, 0.15) is 11.9 Å². The highest BCUT2D eigenvalue weighted by molar-refractivity contribution is 7.92. The van der Waals surface area contributed by atoms with Crippen LogP contribution in [0.2, 0.25) is 0 Å². The van der Waals surface area contributed by atoms with Crippen LogP contribution in [0, 0.1) is 12.7 Å². The molecule has 1 N–H and O–H groups in total. The van der Waals surface area contributed by atoms with Crippen molar-refractivity contribution in [3.05, 3.63) is 65.5 Å². The quantitative estimate of drug-likeness (QED) is 0.491.